The average molecular weight is 181 g/mol. The molecule has 1 aliphatic heterocycles. The molecule has 0 unspecified atom stereocenters. The maximum absolute atomic E-state index is 9.79. The Morgan fingerprint density at radius 3 is 2.92 bits per heavy atom. The van der Waals surface area contributed by atoms with Crippen molar-refractivity contribution in [3.05, 3.63) is 18.0 Å². The van der Waals surface area contributed by atoms with E-state index < -0.39 is 5.60 Å². The normalized spacial score (nSPS) is 19.8. The zero-order valence-electron chi connectivity index (χ0n) is 7.82. The van der Waals surface area contributed by atoms with Crippen LogP contribution < -0.4 is 5.32 Å². The van der Waals surface area contributed by atoms with Gasteiger partial charge >= 0.3 is 0 Å². The summed E-state index contributed by atoms with van der Waals surface area (Å²) in [4.78, 5) is 0. The lowest BCUT2D eigenvalue weighted by Gasteiger charge is -2.37. The lowest BCUT2D eigenvalue weighted by Crippen LogP contribution is -2.59. The largest absolute Gasteiger partial charge is 0.387 e. The molecule has 0 spiro atoms. The van der Waals surface area contributed by atoms with Crippen LogP contribution in [0.4, 0.5) is 0 Å². The summed E-state index contributed by atoms with van der Waals surface area (Å²) in [5.41, 5.74) is 0.735. The van der Waals surface area contributed by atoms with Gasteiger partial charge in [-0.05, 0) is 18.4 Å². The van der Waals surface area contributed by atoms with E-state index in [9.17, 15) is 5.11 Å². The number of hydrogen-bond acceptors (Lipinski definition) is 3. The smallest absolute Gasteiger partial charge is 0.0898 e. The van der Waals surface area contributed by atoms with Gasteiger partial charge in [0.15, 0.2) is 0 Å². The number of aliphatic hydroxyl groups is 1. The van der Waals surface area contributed by atoms with E-state index in [1.54, 1.807) is 4.68 Å². The summed E-state index contributed by atoms with van der Waals surface area (Å²) in [6, 6.07) is 0. The fourth-order valence-corrected chi connectivity index (χ4v) is 1.57. The molecule has 1 aromatic rings. The highest BCUT2D eigenvalue weighted by molar-refractivity contribution is 5.06. The van der Waals surface area contributed by atoms with E-state index in [2.05, 4.69) is 10.4 Å². The Bertz CT molecular complexity index is 291. The van der Waals surface area contributed by atoms with Crippen molar-refractivity contribution in [3.63, 3.8) is 0 Å². The highest BCUT2D eigenvalue weighted by Gasteiger charge is 2.33. The van der Waals surface area contributed by atoms with Crippen LogP contribution in [-0.2, 0) is 13.5 Å². The Balaban J connectivity index is 1.85. The van der Waals surface area contributed by atoms with E-state index in [1.165, 1.54) is 5.56 Å². The number of rotatable bonds is 3. The maximum Gasteiger partial charge on any atom is 0.0898 e. The van der Waals surface area contributed by atoms with Gasteiger partial charge in [0.05, 0.1) is 11.8 Å². The van der Waals surface area contributed by atoms with Crippen LogP contribution in [-0.4, -0.2) is 33.6 Å². The van der Waals surface area contributed by atoms with Gasteiger partial charge in [-0.2, -0.15) is 5.10 Å². The Morgan fingerprint density at radius 1 is 1.69 bits per heavy atom. The van der Waals surface area contributed by atoms with Crippen molar-refractivity contribution in [1.82, 2.24) is 15.1 Å². The summed E-state index contributed by atoms with van der Waals surface area (Å²) in [5, 5.41) is 16.9. The molecule has 1 aliphatic rings. The van der Waals surface area contributed by atoms with E-state index >= 15 is 0 Å². The van der Waals surface area contributed by atoms with Crippen molar-refractivity contribution in [2.45, 2.75) is 18.4 Å². The maximum atomic E-state index is 9.79. The van der Waals surface area contributed by atoms with Crippen molar-refractivity contribution in [2.24, 2.45) is 7.05 Å². The molecule has 72 valence electrons. The molecule has 0 aromatic carbocycles. The van der Waals surface area contributed by atoms with Crippen LogP contribution in [0.5, 0.6) is 0 Å². The van der Waals surface area contributed by atoms with Gasteiger partial charge in [0.1, 0.15) is 0 Å². The molecule has 0 radical (unpaired) electrons. The van der Waals surface area contributed by atoms with Crippen molar-refractivity contribution >= 4 is 0 Å². The van der Waals surface area contributed by atoms with E-state index in [4.69, 9.17) is 0 Å². The standard InChI is InChI=1S/C9H15N3O/c1-12-5-8(4-11-12)2-3-9(13)6-10-7-9/h4-5,10,13H,2-3,6-7H2,1H3. The second-order valence-electron chi connectivity index (χ2n) is 3.85. The summed E-state index contributed by atoms with van der Waals surface area (Å²) in [7, 11) is 1.91. The molecule has 2 heterocycles. The van der Waals surface area contributed by atoms with Crippen molar-refractivity contribution in [2.75, 3.05) is 13.1 Å². The Morgan fingerprint density at radius 2 is 2.46 bits per heavy atom. The molecule has 0 atom stereocenters. The fraction of sp³-hybridized carbons (Fsp3) is 0.667. The minimum absolute atomic E-state index is 0.462. The van der Waals surface area contributed by atoms with Gasteiger partial charge in [-0.1, -0.05) is 0 Å². The van der Waals surface area contributed by atoms with E-state index in [1.807, 2.05) is 19.4 Å². The van der Waals surface area contributed by atoms with E-state index in [0.717, 1.165) is 25.9 Å². The predicted octanol–water partition coefficient (Wildman–Crippen LogP) is -0.313. The topological polar surface area (TPSA) is 50.1 Å². The number of aryl methyl sites for hydroxylation is 2. The Kier molecular flexibility index (Phi) is 2.09. The number of β-amino-alcohol motifs (C(OH)–C–C–N with tert-alkyl or cyclic N) is 1. The average Bonchev–Trinajstić information content (AvgIpc) is 2.44. The summed E-state index contributed by atoms with van der Waals surface area (Å²) in [6.45, 7) is 1.46. The van der Waals surface area contributed by atoms with Gasteiger partial charge in [0.25, 0.3) is 0 Å². The van der Waals surface area contributed by atoms with Gasteiger partial charge in [0.2, 0.25) is 0 Å². The molecule has 4 nitrogen and oxygen atoms in total. The quantitative estimate of drug-likeness (QED) is 0.672. The van der Waals surface area contributed by atoms with Gasteiger partial charge in [0, 0.05) is 26.3 Å². The highest BCUT2D eigenvalue weighted by atomic mass is 16.3. The first-order valence-corrected chi connectivity index (χ1v) is 4.59. The summed E-state index contributed by atoms with van der Waals surface area (Å²) in [5.74, 6) is 0. The molecule has 2 N–H and O–H groups in total. The van der Waals surface area contributed by atoms with Crippen molar-refractivity contribution in [1.29, 1.82) is 0 Å². The third kappa shape index (κ3) is 1.89. The molecule has 1 fully saturated rings. The molecule has 2 rings (SSSR count). The molecule has 0 amide bonds. The van der Waals surface area contributed by atoms with Gasteiger partial charge in [-0.3, -0.25) is 4.68 Å². The van der Waals surface area contributed by atoms with Gasteiger partial charge in [-0.15, -0.1) is 0 Å². The van der Waals surface area contributed by atoms with Crippen LogP contribution in [0, 0.1) is 0 Å². The van der Waals surface area contributed by atoms with Gasteiger partial charge in [-0.25, -0.2) is 0 Å². The SMILES string of the molecule is Cn1cc(CCC2(O)CNC2)cn1. The van der Waals surface area contributed by atoms with Crippen LogP contribution in [0.3, 0.4) is 0 Å². The first kappa shape index (κ1) is 8.72. The van der Waals surface area contributed by atoms with Gasteiger partial charge < -0.3 is 10.4 Å². The molecule has 4 heteroatoms. The second-order valence-corrected chi connectivity index (χ2v) is 3.85. The highest BCUT2D eigenvalue weighted by Crippen LogP contribution is 2.17. The van der Waals surface area contributed by atoms with Crippen molar-refractivity contribution < 1.29 is 5.11 Å². The summed E-state index contributed by atoms with van der Waals surface area (Å²) < 4.78 is 1.79. The lowest BCUT2D eigenvalue weighted by atomic mass is 9.90. The molecular formula is C9H15N3O. The van der Waals surface area contributed by atoms with E-state index in [-0.39, 0.29) is 0 Å². The van der Waals surface area contributed by atoms with Crippen LogP contribution in [0.25, 0.3) is 0 Å². The Labute approximate surface area is 77.6 Å². The van der Waals surface area contributed by atoms with Crippen LogP contribution in [0.2, 0.25) is 0 Å². The summed E-state index contributed by atoms with van der Waals surface area (Å²) in [6.07, 6.45) is 5.59. The molecule has 13 heavy (non-hydrogen) atoms. The molecule has 1 saturated heterocycles. The van der Waals surface area contributed by atoms with Crippen LogP contribution >= 0.6 is 0 Å². The molecule has 1 aromatic heterocycles. The molecule has 0 aliphatic carbocycles. The third-order valence-electron chi connectivity index (χ3n) is 2.55. The molecular weight excluding hydrogens is 166 g/mol. The van der Waals surface area contributed by atoms with Crippen LogP contribution in [0.1, 0.15) is 12.0 Å². The first-order valence-electron chi connectivity index (χ1n) is 4.59. The summed E-state index contributed by atoms with van der Waals surface area (Å²) >= 11 is 0. The number of nitrogens with one attached hydrogen (secondary N) is 1. The molecule has 0 bridgehead atoms. The number of nitrogens with zero attached hydrogens (tertiary/aromatic N) is 2. The van der Waals surface area contributed by atoms with E-state index in [0.29, 0.717) is 0 Å². The fourth-order valence-electron chi connectivity index (χ4n) is 1.57. The van der Waals surface area contributed by atoms with Crippen molar-refractivity contribution in [3.8, 4) is 0 Å². The second kappa shape index (κ2) is 3.12. The first-order chi connectivity index (χ1) is 6.18. The van der Waals surface area contributed by atoms with Crippen LogP contribution in [0.15, 0.2) is 12.4 Å². The predicted molar refractivity (Wildman–Crippen MR) is 49.3 cm³/mol. The minimum Gasteiger partial charge on any atom is -0.387 e. The third-order valence-corrected chi connectivity index (χ3v) is 2.55. The monoisotopic (exact) mass is 181 g/mol. The zero-order chi connectivity index (χ0) is 9.31. The molecule has 0 saturated carbocycles. The zero-order valence-corrected chi connectivity index (χ0v) is 7.82. The number of aromatic nitrogens is 2. The number of hydrogen-bond donors (Lipinski definition) is 2. The minimum atomic E-state index is -0.462. The lowest BCUT2D eigenvalue weighted by molar-refractivity contribution is -0.0167. The Hall–Kier alpha value is -0.870.